The molecule has 1 saturated heterocycles. The highest BCUT2D eigenvalue weighted by molar-refractivity contribution is 5.76. The molecule has 2 fully saturated rings. The molecule has 1 saturated carbocycles. The Labute approximate surface area is 224 Å². The molecule has 2 aromatic rings. The lowest BCUT2D eigenvalue weighted by Crippen LogP contribution is -2.49. The average Bonchev–Trinajstić information content (AvgIpc) is 3.43. The zero-order chi connectivity index (χ0) is 27.1. The number of carbonyl (C=O) groups is 2. The van der Waals surface area contributed by atoms with Gasteiger partial charge in [0.2, 0.25) is 18.3 Å². The van der Waals surface area contributed by atoms with Crippen LogP contribution in [0.3, 0.4) is 0 Å². The van der Waals surface area contributed by atoms with Crippen LogP contribution in [0.1, 0.15) is 58.4 Å². The van der Waals surface area contributed by atoms with Gasteiger partial charge in [-0.3, -0.25) is 19.4 Å². The normalized spacial score (nSPS) is 16.6. The maximum absolute atomic E-state index is 15.1. The summed E-state index contributed by atoms with van der Waals surface area (Å²) in [5, 5.41) is 5.93. The predicted molar refractivity (Wildman–Crippen MR) is 148 cm³/mol. The largest absolute Gasteiger partial charge is 0.367 e. The van der Waals surface area contributed by atoms with Crippen LogP contribution < -0.4 is 20.4 Å². The van der Waals surface area contributed by atoms with Gasteiger partial charge in [-0.2, -0.15) is 4.98 Å². The molecule has 1 aliphatic heterocycles. The third kappa shape index (κ3) is 6.98. The van der Waals surface area contributed by atoms with E-state index in [0.29, 0.717) is 48.6 Å². The SMILES string of the molecule is CC(=O)NCCCc1cnc(Nc2ccc(N3CCN(C(C)C)CC3)c(F)c2)nc1N(C=O)C1CCCC1. The van der Waals surface area contributed by atoms with Gasteiger partial charge in [0.05, 0.1) is 5.69 Å². The van der Waals surface area contributed by atoms with Crippen molar-refractivity contribution < 1.29 is 14.0 Å². The molecule has 2 N–H and O–H groups in total. The Bertz CT molecular complexity index is 1100. The van der Waals surface area contributed by atoms with Gasteiger partial charge in [0.25, 0.3) is 0 Å². The number of benzene rings is 1. The Morgan fingerprint density at radius 1 is 1.21 bits per heavy atom. The molecule has 4 rings (SSSR count). The molecule has 1 aromatic carbocycles. The minimum Gasteiger partial charge on any atom is -0.367 e. The zero-order valence-corrected chi connectivity index (χ0v) is 22.8. The van der Waals surface area contributed by atoms with E-state index in [9.17, 15) is 9.59 Å². The zero-order valence-electron chi connectivity index (χ0n) is 22.8. The number of rotatable bonds is 11. The first-order valence-corrected chi connectivity index (χ1v) is 13.7. The molecule has 0 atom stereocenters. The number of hydrogen-bond donors (Lipinski definition) is 2. The van der Waals surface area contributed by atoms with Crippen LogP contribution >= 0.6 is 0 Å². The molecule has 10 heteroatoms. The molecule has 0 radical (unpaired) electrons. The summed E-state index contributed by atoms with van der Waals surface area (Å²) in [7, 11) is 0. The number of halogens is 1. The molecule has 0 unspecified atom stereocenters. The van der Waals surface area contributed by atoms with E-state index >= 15 is 4.39 Å². The fraction of sp³-hybridized carbons (Fsp3) is 0.571. The van der Waals surface area contributed by atoms with E-state index in [1.54, 1.807) is 17.2 Å². The van der Waals surface area contributed by atoms with E-state index < -0.39 is 0 Å². The smallest absolute Gasteiger partial charge is 0.229 e. The number of nitrogens with zero attached hydrogens (tertiary/aromatic N) is 5. The number of amides is 2. The molecule has 2 aliphatic rings. The van der Waals surface area contributed by atoms with Crippen LogP contribution in [0.4, 0.5) is 27.5 Å². The Morgan fingerprint density at radius 2 is 1.95 bits per heavy atom. The van der Waals surface area contributed by atoms with Crippen molar-refractivity contribution in [2.75, 3.05) is 47.8 Å². The molecule has 0 bridgehead atoms. The number of nitrogens with one attached hydrogen (secondary N) is 2. The standard InChI is InChI=1S/C28H40FN7O2/c1-20(2)34-13-15-35(16-14-34)26-11-10-23(17-25(26)29)32-28-31-18-22(7-6-12-30-21(3)38)27(33-28)36(19-37)24-8-4-5-9-24/h10-11,17-20,24H,4-9,12-16H2,1-3H3,(H,30,38)(H,31,32,33). The van der Waals surface area contributed by atoms with Gasteiger partial charge >= 0.3 is 0 Å². The van der Waals surface area contributed by atoms with Crippen LogP contribution in [0, 0.1) is 5.82 Å². The van der Waals surface area contributed by atoms with Crippen LogP contribution in [-0.2, 0) is 16.0 Å². The van der Waals surface area contributed by atoms with Crippen LogP contribution in [-0.4, -0.2) is 72.0 Å². The monoisotopic (exact) mass is 525 g/mol. The van der Waals surface area contributed by atoms with Gasteiger partial charge in [-0.15, -0.1) is 0 Å². The summed E-state index contributed by atoms with van der Waals surface area (Å²) in [4.78, 5) is 38.7. The molecule has 206 valence electrons. The van der Waals surface area contributed by atoms with Crippen molar-refractivity contribution in [3.8, 4) is 0 Å². The van der Waals surface area contributed by atoms with E-state index in [1.807, 2.05) is 6.07 Å². The van der Waals surface area contributed by atoms with E-state index in [0.717, 1.165) is 63.8 Å². The van der Waals surface area contributed by atoms with Gasteiger partial charge in [-0.1, -0.05) is 12.8 Å². The van der Waals surface area contributed by atoms with Crippen molar-refractivity contribution >= 4 is 35.5 Å². The molecular weight excluding hydrogens is 485 g/mol. The number of aryl methyl sites for hydroxylation is 1. The minimum absolute atomic E-state index is 0.0717. The van der Waals surface area contributed by atoms with Crippen LogP contribution in [0.5, 0.6) is 0 Å². The van der Waals surface area contributed by atoms with Crippen molar-refractivity contribution in [1.82, 2.24) is 20.2 Å². The number of carbonyl (C=O) groups excluding carboxylic acids is 2. The number of anilines is 4. The van der Waals surface area contributed by atoms with Gasteiger partial charge in [0.15, 0.2) is 0 Å². The second-order valence-electron chi connectivity index (χ2n) is 10.5. The minimum atomic E-state index is -0.289. The summed E-state index contributed by atoms with van der Waals surface area (Å²) in [5.74, 6) is 0.529. The summed E-state index contributed by atoms with van der Waals surface area (Å²) in [5.41, 5.74) is 2.00. The highest BCUT2D eigenvalue weighted by atomic mass is 19.1. The fourth-order valence-electron chi connectivity index (χ4n) is 5.34. The first kappa shape index (κ1) is 27.8. The first-order chi connectivity index (χ1) is 18.4. The van der Waals surface area contributed by atoms with Gasteiger partial charge < -0.3 is 15.5 Å². The summed E-state index contributed by atoms with van der Waals surface area (Å²) >= 11 is 0. The quantitative estimate of drug-likeness (QED) is 0.340. The van der Waals surface area contributed by atoms with Gasteiger partial charge in [0.1, 0.15) is 11.6 Å². The molecule has 1 aliphatic carbocycles. The van der Waals surface area contributed by atoms with Crippen LogP contribution in [0.2, 0.25) is 0 Å². The lowest BCUT2D eigenvalue weighted by Gasteiger charge is -2.38. The lowest BCUT2D eigenvalue weighted by atomic mass is 10.1. The molecule has 2 amide bonds. The molecule has 2 heterocycles. The van der Waals surface area contributed by atoms with Crippen molar-refractivity contribution in [2.45, 2.75) is 71.4 Å². The summed E-state index contributed by atoms with van der Waals surface area (Å²) in [6.07, 6.45) is 7.96. The maximum Gasteiger partial charge on any atom is 0.229 e. The number of hydrogen-bond acceptors (Lipinski definition) is 7. The van der Waals surface area contributed by atoms with Gasteiger partial charge in [0, 0.05) is 69.2 Å². The molecular formula is C28H40FN7O2. The Balaban J connectivity index is 1.50. The average molecular weight is 526 g/mol. The van der Waals surface area contributed by atoms with Gasteiger partial charge in [-0.25, -0.2) is 9.37 Å². The highest BCUT2D eigenvalue weighted by Gasteiger charge is 2.26. The number of piperazine rings is 1. The van der Waals surface area contributed by atoms with Crippen LogP contribution in [0.25, 0.3) is 0 Å². The third-order valence-corrected chi connectivity index (χ3v) is 7.50. The van der Waals surface area contributed by atoms with Crippen LogP contribution in [0.15, 0.2) is 24.4 Å². The summed E-state index contributed by atoms with van der Waals surface area (Å²) in [6.45, 7) is 9.82. The molecule has 38 heavy (non-hydrogen) atoms. The first-order valence-electron chi connectivity index (χ1n) is 13.7. The van der Waals surface area contributed by atoms with E-state index in [4.69, 9.17) is 4.98 Å². The highest BCUT2D eigenvalue weighted by Crippen LogP contribution is 2.30. The summed E-state index contributed by atoms with van der Waals surface area (Å²) < 4.78 is 15.1. The maximum atomic E-state index is 15.1. The Morgan fingerprint density at radius 3 is 2.58 bits per heavy atom. The Kier molecular flexibility index (Phi) is 9.49. The number of aromatic nitrogens is 2. The predicted octanol–water partition coefficient (Wildman–Crippen LogP) is 3.86. The van der Waals surface area contributed by atoms with Gasteiger partial charge in [-0.05, 0) is 57.7 Å². The van der Waals surface area contributed by atoms with E-state index in [1.165, 1.54) is 13.0 Å². The lowest BCUT2D eigenvalue weighted by molar-refractivity contribution is -0.119. The molecule has 0 spiro atoms. The van der Waals surface area contributed by atoms with Crippen molar-refractivity contribution in [3.05, 3.63) is 35.8 Å². The Hall–Kier alpha value is -3.27. The van der Waals surface area contributed by atoms with Crippen molar-refractivity contribution in [2.24, 2.45) is 0 Å². The van der Waals surface area contributed by atoms with Crippen molar-refractivity contribution in [3.63, 3.8) is 0 Å². The van der Waals surface area contributed by atoms with Crippen molar-refractivity contribution in [1.29, 1.82) is 0 Å². The topological polar surface area (TPSA) is 93.7 Å². The second kappa shape index (κ2) is 13.0. The third-order valence-electron chi connectivity index (χ3n) is 7.50. The summed E-state index contributed by atoms with van der Waals surface area (Å²) in [6, 6.07) is 5.72. The van der Waals surface area contributed by atoms with E-state index in [2.05, 4.69) is 39.3 Å². The second-order valence-corrected chi connectivity index (χ2v) is 10.5. The molecule has 9 nitrogen and oxygen atoms in total. The van der Waals surface area contributed by atoms with E-state index in [-0.39, 0.29) is 17.8 Å². The molecule has 1 aromatic heterocycles. The fourth-order valence-corrected chi connectivity index (χ4v) is 5.34.